The van der Waals surface area contributed by atoms with Crippen LogP contribution in [0.3, 0.4) is 0 Å². The fourth-order valence-electron chi connectivity index (χ4n) is 2.05. The number of amides is 1. The average molecular weight is 261 g/mol. The third kappa shape index (κ3) is 3.13. The number of carbonyl (C=O) groups excluding carboxylic acids is 1. The topological polar surface area (TPSA) is 66.4 Å². The first kappa shape index (κ1) is 13.6. The molecule has 2 N–H and O–H groups in total. The van der Waals surface area contributed by atoms with Crippen molar-refractivity contribution in [1.82, 2.24) is 0 Å². The maximum atomic E-state index is 11.8. The minimum Gasteiger partial charge on any atom is -0.481 e. The Bertz CT molecular complexity index is 499. The molecule has 0 radical (unpaired) electrons. The number of benzene rings is 1. The number of carboxylic acid groups (broad SMARTS) is 1. The molecule has 0 unspecified atom stereocenters. The summed E-state index contributed by atoms with van der Waals surface area (Å²) in [6.45, 7) is 6.38. The highest BCUT2D eigenvalue weighted by Crippen LogP contribution is 2.39. The lowest BCUT2D eigenvalue weighted by atomic mass is 9.87. The van der Waals surface area contributed by atoms with Gasteiger partial charge in [0, 0.05) is 5.69 Å². The Morgan fingerprint density at radius 2 is 1.74 bits per heavy atom. The molecule has 0 bridgehead atoms. The first-order chi connectivity index (χ1) is 8.79. The predicted octanol–water partition coefficient (Wildman–Crippen LogP) is 2.64. The molecule has 2 atom stereocenters. The van der Waals surface area contributed by atoms with Gasteiger partial charge >= 0.3 is 5.97 Å². The van der Waals surface area contributed by atoms with Crippen LogP contribution >= 0.6 is 0 Å². The number of hydrogen-bond donors (Lipinski definition) is 2. The van der Waals surface area contributed by atoms with E-state index in [9.17, 15) is 9.59 Å². The highest BCUT2D eigenvalue weighted by molar-refractivity contribution is 5.98. The van der Waals surface area contributed by atoms with Gasteiger partial charge in [0.15, 0.2) is 0 Å². The van der Waals surface area contributed by atoms with Crippen molar-refractivity contribution in [2.75, 3.05) is 5.32 Å². The van der Waals surface area contributed by atoms with E-state index >= 15 is 0 Å². The lowest BCUT2D eigenvalue weighted by Gasteiger charge is -2.19. The Morgan fingerprint density at radius 1 is 1.16 bits per heavy atom. The number of nitrogens with one attached hydrogen (secondary N) is 1. The Hall–Kier alpha value is -1.84. The van der Waals surface area contributed by atoms with Crippen molar-refractivity contribution in [3.8, 4) is 0 Å². The van der Waals surface area contributed by atoms with Crippen LogP contribution in [0.4, 0.5) is 5.69 Å². The number of carboxylic acids is 1. The molecular weight excluding hydrogens is 242 g/mol. The van der Waals surface area contributed by atoms with Gasteiger partial charge in [0.1, 0.15) is 0 Å². The molecular formula is C15H19NO3. The Kier molecular flexibility index (Phi) is 3.35. The highest BCUT2D eigenvalue weighted by Gasteiger charge is 2.48. The summed E-state index contributed by atoms with van der Waals surface area (Å²) in [6.07, 6.45) is 0.446. The van der Waals surface area contributed by atoms with E-state index in [0.29, 0.717) is 12.1 Å². The van der Waals surface area contributed by atoms with E-state index in [1.165, 1.54) is 5.56 Å². The molecule has 0 saturated heterocycles. The van der Waals surface area contributed by atoms with Gasteiger partial charge in [0.05, 0.1) is 11.8 Å². The molecule has 1 aliphatic carbocycles. The lowest BCUT2D eigenvalue weighted by molar-refractivity contribution is -0.139. The van der Waals surface area contributed by atoms with E-state index in [1.54, 1.807) is 0 Å². The molecule has 0 spiro atoms. The summed E-state index contributed by atoms with van der Waals surface area (Å²) >= 11 is 0. The van der Waals surface area contributed by atoms with Gasteiger partial charge in [-0.05, 0) is 29.5 Å². The van der Waals surface area contributed by atoms with E-state index in [2.05, 4.69) is 26.1 Å². The van der Waals surface area contributed by atoms with Crippen LogP contribution in [0.25, 0.3) is 0 Å². The molecule has 0 heterocycles. The molecule has 102 valence electrons. The lowest BCUT2D eigenvalue weighted by Crippen LogP contribution is -2.17. The molecule has 1 aromatic carbocycles. The van der Waals surface area contributed by atoms with Gasteiger partial charge in [0.2, 0.25) is 5.91 Å². The first-order valence-corrected chi connectivity index (χ1v) is 6.43. The van der Waals surface area contributed by atoms with Crippen LogP contribution in [0.2, 0.25) is 0 Å². The SMILES string of the molecule is CC(C)(C)c1ccc(NC(=O)[C@@H]2C[C@@H]2C(=O)O)cc1. The summed E-state index contributed by atoms with van der Waals surface area (Å²) in [6, 6.07) is 7.68. The summed E-state index contributed by atoms with van der Waals surface area (Å²) in [5, 5.41) is 11.5. The number of aliphatic carboxylic acids is 1. The maximum absolute atomic E-state index is 11.8. The van der Waals surface area contributed by atoms with Gasteiger partial charge < -0.3 is 10.4 Å². The van der Waals surface area contributed by atoms with E-state index in [0.717, 1.165) is 0 Å². The molecule has 4 nitrogen and oxygen atoms in total. The van der Waals surface area contributed by atoms with E-state index < -0.39 is 11.9 Å². The summed E-state index contributed by atoms with van der Waals surface area (Å²) in [7, 11) is 0. The number of hydrogen-bond acceptors (Lipinski definition) is 2. The molecule has 0 aromatic heterocycles. The fraction of sp³-hybridized carbons (Fsp3) is 0.467. The van der Waals surface area contributed by atoms with Gasteiger partial charge in [-0.3, -0.25) is 9.59 Å². The van der Waals surface area contributed by atoms with Crippen molar-refractivity contribution < 1.29 is 14.7 Å². The number of rotatable bonds is 3. The third-order valence-electron chi connectivity index (χ3n) is 3.46. The highest BCUT2D eigenvalue weighted by atomic mass is 16.4. The fourth-order valence-corrected chi connectivity index (χ4v) is 2.05. The molecule has 2 rings (SSSR count). The quantitative estimate of drug-likeness (QED) is 0.879. The zero-order valence-electron chi connectivity index (χ0n) is 11.4. The van der Waals surface area contributed by atoms with Crippen molar-refractivity contribution in [1.29, 1.82) is 0 Å². The van der Waals surface area contributed by atoms with Crippen LogP contribution in [0.1, 0.15) is 32.8 Å². The van der Waals surface area contributed by atoms with Crippen LogP contribution in [0.5, 0.6) is 0 Å². The Labute approximate surface area is 112 Å². The zero-order chi connectivity index (χ0) is 14.2. The molecule has 1 aromatic rings. The zero-order valence-corrected chi connectivity index (χ0v) is 11.4. The Balaban J connectivity index is 1.97. The van der Waals surface area contributed by atoms with Crippen LogP contribution in [-0.2, 0) is 15.0 Å². The molecule has 1 fully saturated rings. The van der Waals surface area contributed by atoms with Crippen LogP contribution in [-0.4, -0.2) is 17.0 Å². The second-order valence-corrected chi connectivity index (χ2v) is 6.10. The summed E-state index contributed by atoms with van der Waals surface area (Å²) < 4.78 is 0. The number of carbonyl (C=O) groups is 2. The standard InChI is InChI=1S/C15H19NO3/c1-15(2,3)9-4-6-10(7-5-9)16-13(17)11-8-12(11)14(18)19/h4-7,11-12H,8H2,1-3H3,(H,16,17)(H,18,19)/t11-,12+/m1/s1. The van der Waals surface area contributed by atoms with Crippen molar-refractivity contribution in [3.63, 3.8) is 0 Å². The third-order valence-corrected chi connectivity index (χ3v) is 3.46. The largest absolute Gasteiger partial charge is 0.481 e. The van der Waals surface area contributed by atoms with Crippen molar-refractivity contribution in [2.24, 2.45) is 11.8 Å². The van der Waals surface area contributed by atoms with E-state index in [1.807, 2.05) is 24.3 Å². The minimum atomic E-state index is -0.886. The van der Waals surface area contributed by atoms with Gasteiger partial charge in [-0.15, -0.1) is 0 Å². The molecule has 4 heteroatoms. The summed E-state index contributed by atoms with van der Waals surface area (Å²) in [5.74, 6) is -1.97. The van der Waals surface area contributed by atoms with Crippen LogP contribution in [0, 0.1) is 11.8 Å². The van der Waals surface area contributed by atoms with E-state index in [4.69, 9.17) is 5.11 Å². The maximum Gasteiger partial charge on any atom is 0.307 e. The van der Waals surface area contributed by atoms with Gasteiger partial charge in [-0.1, -0.05) is 32.9 Å². The van der Waals surface area contributed by atoms with Crippen LogP contribution < -0.4 is 5.32 Å². The second kappa shape index (κ2) is 4.68. The van der Waals surface area contributed by atoms with Crippen molar-refractivity contribution >= 4 is 17.6 Å². The summed E-state index contributed by atoms with van der Waals surface area (Å²) in [4.78, 5) is 22.5. The van der Waals surface area contributed by atoms with Crippen molar-refractivity contribution in [3.05, 3.63) is 29.8 Å². The summed E-state index contributed by atoms with van der Waals surface area (Å²) in [5.41, 5.74) is 1.99. The molecule has 1 saturated carbocycles. The molecule has 19 heavy (non-hydrogen) atoms. The average Bonchev–Trinajstić information content (AvgIpc) is 3.08. The monoisotopic (exact) mass is 261 g/mol. The number of anilines is 1. The van der Waals surface area contributed by atoms with Gasteiger partial charge in [0.25, 0.3) is 0 Å². The molecule has 1 amide bonds. The second-order valence-electron chi connectivity index (χ2n) is 6.10. The smallest absolute Gasteiger partial charge is 0.307 e. The Morgan fingerprint density at radius 3 is 2.16 bits per heavy atom. The molecule has 1 aliphatic rings. The van der Waals surface area contributed by atoms with Gasteiger partial charge in [-0.25, -0.2) is 0 Å². The predicted molar refractivity (Wildman–Crippen MR) is 73.0 cm³/mol. The first-order valence-electron chi connectivity index (χ1n) is 6.43. The van der Waals surface area contributed by atoms with Crippen LogP contribution in [0.15, 0.2) is 24.3 Å². The van der Waals surface area contributed by atoms with E-state index in [-0.39, 0.29) is 17.2 Å². The molecule has 0 aliphatic heterocycles. The minimum absolute atomic E-state index is 0.0768. The van der Waals surface area contributed by atoms with Gasteiger partial charge in [-0.2, -0.15) is 0 Å². The van der Waals surface area contributed by atoms with Crippen molar-refractivity contribution in [2.45, 2.75) is 32.6 Å². The normalized spacial score (nSPS) is 21.8.